The third-order valence-electron chi connectivity index (χ3n) is 2.11. The van der Waals surface area contributed by atoms with Crippen LogP contribution in [-0.2, 0) is 4.79 Å². The lowest BCUT2D eigenvalue weighted by Gasteiger charge is -2.21. The molecule has 0 bridgehead atoms. The molecule has 1 saturated heterocycles. The van der Waals surface area contributed by atoms with Gasteiger partial charge in [0, 0.05) is 18.5 Å². The average Bonchev–Trinajstić information content (AvgIpc) is 2.37. The van der Waals surface area contributed by atoms with Crippen LogP contribution >= 0.6 is 0 Å². The van der Waals surface area contributed by atoms with Gasteiger partial charge < -0.3 is 0 Å². The van der Waals surface area contributed by atoms with Crippen LogP contribution in [0.15, 0.2) is 0 Å². The van der Waals surface area contributed by atoms with E-state index in [-0.39, 0.29) is 5.41 Å². The normalized spacial score (nSPS) is 19.9. The molecule has 12 heavy (non-hydrogen) atoms. The minimum Gasteiger partial charge on any atom is -0.298 e. The molecule has 0 unspecified atom stereocenters. The van der Waals surface area contributed by atoms with Crippen molar-refractivity contribution in [2.24, 2.45) is 5.41 Å². The first kappa shape index (κ1) is 9.68. The van der Waals surface area contributed by atoms with Gasteiger partial charge in [0.2, 0.25) is 0 Å². The number of hydrogen-bond acceptors (Lipinski definition) is 3. The zero-order chi connectivity index (χ0) is 9.19. The Morgan fingerprint density at radius 2 is 2.17 bits per heavy atom. The Hall–Kier alpha value is -0.410. The van der Waals surface area contributed by atoms with E-state index in [0.717, 1.165) is 19.5 Å². The zero-order valence-corrected chi connectivity index (χ0v) is 8.18. The first-order valence-corrected chi connectivity index (χ1v) is 4.52. The highest BCUT2D eigenvalue weighted by atomic mass is 16.1. The molecule has 3 heteroatoms. The number of hydrogen-bond donors (Lipinski definition) is 1. The van der Waals surface area contributed by atoms with Gasteiger partial charge in [-0.15, -0.1) is 0 Å². The van der Waals surface area contributed by atoms with E-state index in [1.165, 1.54) is 0 Å². The van der Waals surface area contributed by atoms with Crippen molar-refractivity contribution in [1.29, 1.82) is 0 Å². The fraction of sp³-hybridized carbons (Fsp3) is 0.889. The van der Waals surface area contributed by atoms with E-state index in [9.17, 15) is 4.79 Å². The maximum absolute atomic E-state index is 11.5. The summed E-state index contributed by atoms with van der Waals surface area (Å²) in [6, 6.07) is 0. The average molecular weight is 170 g/mol. The summed E-state index contributed by atoms with van der Waals surface area (Å²) in [5.41, 5.74) is 2.97. The first-order chi connectivity index (χ1) is 5.50. The highest BCUT2D eigenvalue weighted by Crippen LogP contribution is 2.15. The summed E-state index contributed by atoms with van der Waals surface area (Å²) in [5.74, 6) is 0.303. The standard InChI is InChI=1S/C9H18N2O/c1-9(2,3)8(12)7-11-6-4-5-10-11/h10H,4-7H2,1-3H3. The van der Waals surface area contributed by atoms with Crippen LogP contribution in [0, 0.1) is 5.41 Å². The number of rotatable bonds is 2. The molecule has 3 nitrogen and oxygen atoms in total. The van der Waals surface area contributed by atoms with Crippen molar-refractivity contribution < 1.29 is 4.79 Å². The van der Waals surface area contributed by atoms with E-state index in [1.807, 2.05) is 25.8 Å². The Balaban J connectivity index is 2.35. The van der Waals surface area contributed by atoms with Gasteiger partial charge in [-0.25, -0.2) is 5.01 Å². The Morgan fingerprint density at radius 3 is 2.58 bits per heavy atom. The summed E-state index contributed by atoms with van der Waals surface area (Å²) in [6.45, 7) is 8.45. The number of hydrazine groups is 1. The zero-order valence-electron chi connectivity index (χ0n) is 8.18. The maximum Gasteiger partial charge on any atom is 0.153 e. The van der Waals surface area contributed by atoms with Crippen LogP contribution in [0.1, 0.15) is 27.2 Å². The maximum atomic E-state index is 11.5. The van der Waals surface area contributed by atoms with Gasteiger partial charge in [0.1, 0.15) is 0 Å². The van der Waals surface area contributed by atoms with Crippen LogP contribution in [0.3, 0.4) is 0 Å². The quantitative estimate of drug-likeness (QED) is 0.665. The molecule has 70 valence electrons. The van der Waals surface area contributed by atoms with Gasteiger partial charge in [0.15, 0.2) is 5.78 Å². The second-order valence-corrected chi connectivity index (χ2v) is 4.36. The molecule has 0 amide bonds. The third-order valence-corrected chi connectivity index (χ3v) is 2.11. The molecule has 1 aliphatic rings. The molecule has 0 saturated carbocycles. The van der Waals surface area contributed by atoms with Gasteiger partial charge in [0.05, 0.1) is 6.54 Å². The monoisotopic (exact) mass is 170 g/mol. The highest BCUT2D eigenvalue weighted by Gasteiger charge is 2.24. The van der Waals surface area contributed by atoms with Crippen LogP contribution in [0.5, 0.6) is 0 Å². The predicted octanol–water partition coefficient (Wildman–Crippen LogP) is 0.812. The van der Waals surface area contributed by atoms with Crippen LogP contribution < -0.4 is 5.43 Å². The summed E-state index contributed by atoms with van der Waals surface area (Å²) >= 11 is 0. The van der Waals surface area contributed by atoms with Crippen LogP contribution in [0.4, 0.5) is 0 Å². The van der Waals surface area contributed by atoms with E-state index >= 15 is 0 Å². The number of ketones is 1. The molecular formula is C9H18N2O. The number of Topliss-reactive ketones (excluding diaryl/α,β-unsaturated/α-hetero) is 1. The lowest BCUT2D eigenvalue weighted by Crippen LogP contribution is -2.39. The van der Waals surface area contributed by atoms with Gasteiger partial charge in [-0.05, 0) is 6.42 Å². The van der Waals surface area contributed by atoms with Gasteiger partial charge in [-0.2, -0.15) is 0 Å². The molecule has 1 heterocycles. The van der Waals surface area contributed by atoms with Crippen molar-refractivity contribution in [2.45, 2.75) is 27.2 Å². The topological polar surface area (TPSA) is 32.3 Å². The molecule has 0 aliphatic carbocycles. The van der Waals surface area contributed by atoms with Crippen molar-refractivity contribution in [3.05, 3.63) is 0 Å². The minimum absolute atomic E-state index is 0.204. The largest absolute Gasteiger partial charge is 0.298 e. The predicted molar refractivity (Wildman–Crippen MR) is 48.7 cm³/mol. The molecule has 0 radical (unpaired) electrons. The van der Waals surface area contributed by atoms with Crippen LogP contribution in [-0.4, -0.2) is 30.4 Å². The Bertz CT molecular complexity index is 166. The van der Waals surface area contributed by atoms with Crippen molar-refractivity contribution in [2.75, 3.05) is 19.6 Å². The van der Waals surface area contributed by atoms with Gasteiger partial charge in [-0.3, -0.25) is 10.2 Å². The molecule has 0 spiro atoms. The van der Waals surface area contributed by atoms with E-state index in [4.69, 9.17) is 0 Å². The Morgan fingerprint density at radius 1 is 1.50 bits per heavy atom. The molecule has 1 aliphatic heterocycles. The summed E-state index contributed by atoms with van der Waals surface area (Å²) in [4.78, 5) is 11.5. The van der Waals surface area contributed by atoms with Crippen molar-refractivity contribution in [1.82, 2.24) is 10.4 Å². The summed E-state index contributed by atoms with van der Waals surface area (Å²) in [6.07, 6.45) is 1.15. The minimum atomic E-state index is -0.204. The fourth-order valence-corrected chi connectivity index (χ4v) is 1.13. The first-order valence-electron chi connectivity index (χ1n) is 4.52. The molecule has 0 aromatic carbocycles. The lowest BCUT2D eigenvalue weighted by atomic mass is 9.91. The number of nitrogens with one attached hydrogen (secondary N) is 1. The fourth-order valence-electron chi connectivity index (χ4n) is 1.13. The van der Waals surface area contributed by atoms with Crippen LogP contribution in [0.25, 0.3) is 0 Å². The molecule has 0 aromatic rings. The smallest absolute Gasteiger partial charge is 0.153 e. The van der Waals surface area contributed by atoms with Crippen molar-refractivity contribution in [3.63, 3.8) is 0 Å². The number of carbonyl (C=O) groups excluding carboxylic acids is 1. The highest BCUT2D eigenvalue weighted by molar-refractivity contribution is 5.85. The van der Waals surface area contributed by atoms with Gasteiger partial charge in [0.25, 0.3) is 0 Å². The van der Waals surface area contributed by atoms with E-state index < -0.39 is 0 Å². The molecule has 1 rings (SSSR count). The molecule has 1 fully saturated rings. The second kappa shape index (κ2) is 3.54. The Kier molecular flexibility index (Phi) is 2.85. The van der Waals surface area contributed by atoms with Crippen molar-refractivity contribution in [3.8, 4) is 0 Å². The second-order valence-electron chi connectivity index (χ2n) is 4.36. The molecule has 1 N–H and O–H groups in total. The van der Waals surface area contributed by atoms with Gasteiger partial charge >= 0.3 is 0 Å². The molecule has 0 atom stereocenters. The molecule has 0 aromatic heterocycles. The van der Waals surface area contributed by atoms with Crippen molar-refractivity contribution >= 4 is 5.78 Å². The van der Waals surface area contributed by atoms with E-state index in [0.29, 0.717) is 12.3 Å². The van der Waals surface area contributed by atoms with E-state index in [2.05, 4.69) is 5.43 Å². The third kappa shape index (κ3) is 2.57. The summed E-state index contributed by atoms with van der Waals surface area (Å²) in [5, 5.41) is 2.01. The van der Waals surface area contributed by atoms with Crippen LogP contribution in [0.2, 0.25) is 0 Å². The van der Waals surface area contributed by atoms with Gasteiger partial charge in [-0.1, -0.05) is 20.8 Å². The summed E-state index contributed by atoms with van der Waals surface area (Å²) in [7, 11) is 0. The Labute approximate surface area is 74.1 Å². The van der Waals surface area contributed by atoms with E-state index in [1.54, 1.807) is 0 Å². The number of nitrogens with zero attached hydrogens (tertiary/aromatic N) is 1. The lowest BCUT2D eigenvalue weighted by molar-refractivity contribution is -0.127. The SMILES string of the molecule is CC(C)(C)C(=O)CN1CCCN1. The summed E-state index contributed by atoms with van der Waals surface area (Å²) < 4.78 is 0. The number of carbonyl (C=O) groups is 1. The molecular weight excluding hydrogens is 152 g/mol.